The molecule has 0 aliphatic heterocycles. The lowest BCUT2D eigenvalue weighted by atomic mass is 9.90. The maximum Gasteiger partial charge on any atom is 0.127 e. The zero-order valence-electron chi connectivity index (χ0n) is 9.38. The van der Waals surface area contributed by atoms with Gasteiger partial charge in [-0.2, -0.15) is 0 Å². The fourth-order valence-corrected chi connectivity index (χ4v) is 1.73. The molecule has 0 aliphatic carbocycles. The Labute approximate surface area is 89.7 Å². The first-order valence-electron chi connectivity index (χ1n) is 5.07. The number of rotatable bonds is 4. The molecule has 0 amide bonds. The van der Waals surface area contributed by atoms with Crippen molar-refractivity contribution in [2.45, 2.75) is 32.3 Å². The lowest BCUT2D eigenvalue weighted by Gasteiger charge is -2.25. The van der Waals surface area contributed by atoms with Gasteiger partial charge < -0.3 is 9.84 Å². The van der Waals surface area contributed by atoms with E-state index in [1.165, 1.54) is 19.2 Å². The Bertz CT molecular complexity index is 334. The summed E-state index contributed by atoms with van der Waals surface area (Å²) in [5.74, 6) is 0.0383. The molecular weight excluding hydrogens is 195 g/mol. The van der Waals surface area contributed by atoms with Gasteiger partial charge in [0.2, 0.25) is 0 Å². The number of halogens is 1. The number of methoxy groups -OCH3 is 1. The molecular formula is C12H17FO2. The van der Waals surface area contributed by atoms with E-state index in [1.807, 2.05) is 6.92 Å². The molecule has 1 atom stereocenters. The highest BCUT2D eigenvalue weighted by Crippen LogP contribution is 2.33. The standard InChI is InChI=1S/C12H17FO2/c1-4-7-12(2,14)10-6-5-9(13)8-11(10)15-3/h5-6,8,14H,4,7H2,1-3H3. The summed E-state index contributed by atoms with van der Waals surface area (Å²) in [6.45, 7) is 3.71. The van der Waals surface area contributed by atoms with E-state index in [9.17, 15) is 9.50 Å². The largest absolute Gasteiger partial charge is 0.496 e. The Morgan fingerprint density at radius 2 is 2.13 bits per heavy atom. The summed E-state index contributed by atoms with van der Waals surface area (Å²) in [5.41, 5.74) is -0.332. The average molecular weight is 212 g/mol. The van der Waals surface area contributed by atoms with Crippen LogP contribution in [0.3, 0.4) is 0 Å². The number of hydrogen-bond acceptors (Lipinski definition) is 2. The molecule has 1 unspecified atom stereocenters. The number of benzene rings is 1. The van der Waals surface area contributed by atoms with Crippen LogP contribution in [0.25, 0.3) is 0 Å². The van der Waals surface area contributed by atoms with E-state index < -0.39 is 5.60 Å². The van der Waals surface area contributed by atoms with Gasteiger partial charge in [-0.05, 0) is 25.5 Å². The van der Waals surface area contributed by atoms with Gasteiger partial charge in [0.25, 0.3) is 0 Å². The third-order valence-corrected chi connectivity index (χ3v) is 2.48. The highest BCUT2D eigenvalue weighted by atomic mass is 19.1. The molecule has 1 rings (SSSR count). The molecule has 0 aromatic heterocycles. The second-order valence-corrected chi connectivity index (χ2v) is 3.87. The Kier molecular flexibility index (Phi) is 3.69. The van der Waals surface area contributed by atoms with E-state index in [0.29, 0.717) is 17.7 Å². The van der Waals surface area contributed by atoms with Crippen molar-refractivity contribution in [1.29, 1.82) is 0 Å². The SMILES string of the molecule is CCCC(C)(O)c1ccc(F)cc1OC. The topological polar surface area (TPSA) is 29.5 Å². The molecule has 0 heterocycles. The molecule has 15 heavy (non-hydrogen) atoms. The summed E-state index contributed by atoms with van der Waals surface area (Å²) < 4.78 is 18.0. The highest BCUT2D eigenvalue weighted by molar-refractivity contribution is 5.38. The predicted octanol–water partition coefficient (Wildman–Crippen LogP) is 2.84. The monoisotopic (exact) mass is 212 g/mol. The first-order chi connectivity index (χ1) is 7.01. The number of hydrogen-bond donors (Lipinski definition) is 1. The minimum absolute atomic E-state index is 0.358. The molecule has 1 aromatic carbocycles. The lowest BCUT2D eigenvalue weighted by molar-refractivity contribution is 0.0444. The lowest BCUT2D eigenvalue weighted by Crippen LogP contribution is -2.21. The van der Waals surface area contributed by atoms with Crippen molar-refractivity contribution in [2.24, 2.45) is 0 Å². The van der Waals surface area contributed by atoms with Crippen molar-refractivity contribution in [1.82, 2.24) is 0 Å². The van der Waals surface area contributed by atoms with Gasteiger partial charge in [-0.1, -0.05) is 13.3 Å². The van der Waals surface area contributed by atoms with Crippen LogP contribution in [0.5, 0.6) is 5.75 Å². The van der Waals surface area contributed by atoms with Gasteiger partial charge in [-0.3, -0.25) is 0 Å². The van der Waals surface area contributed by atoms with E-state index in [-0.39, 0.29) is 5.82 Å². The molecule has 1 aromatic rings. The maximum absolute atomic E-state index is 12.9. The average Bonchev–Trinajstić information content (AvgIpc) is 2.17. The van der Waals surface area contributed by atoms with Crippen LogP contribution in [0.1, 0.15) is 32.3 Å². The van der Waals surface area contributed by atoms with Gasteiger partial charge in [-0.15, -0.1) is 0 Å². The van der Waals surface area contributed by atoms with Crippen LogP contribution in [-0.4, -0.2) is 12.2 Å². The molecule has 0 saturated heterocycles. The van der Waals surface area contributed by atoms with Gasteiger partial charge >= 0.3 is 0 Å². The summed E-state index contributed by atoms with van der Waals surface area (Å²) in [4.78, 5) is 0. The summed E-state index contributed by atoms with van der Waals surface area (Å²) in [6, 6.07) is 4.20. The minimum Gasteiger partial charge on any atom is -0.496 e. The van der Waals surface area contributed by atoms with E-state index in [4.69, 9.17) is 4.74 Å². The maximum atomic E-state index is 12.9. The summed E-state index contributed by atoms with van der Waals surface area (Å²) in [7, 11) is 1.47. The van der Waals surface area contributed by atoms with E-state index in [1.54, 1.807) is 13.0 Å². The van der Waals surface area contributed by atoms with Gasteiger partial charge in [0.15, 0.2) is 0 Å². The van der Waals surface area contributed by atoms with Crippen LogP contribution in [0.2, 0.25) is 0 Å². The quantitative estimate of drug-likeness (QED) is 0.831. The fraction of sp³-hybridized carbons (Fsp3) is 0.500. The molecule has 0 fully saturated rings. The highest BCUT2D eigenvalue weighted by Gasteiger charge is 2.25. The molecule has 0 radical (unpaired) electrons. The minimum atomic E-state index is -0.964. The second-order valence-electron chi connectivity index (χ2n) is 3.87. The molecule has 3 heteroatoms. The Morgan fingerprint density at radius 1 is 1.47 bits per heavy atom. The van der Waals surface area contributed by atoms with Crippen molar-refractivity contribution in [3.05, 3.63) is 29.6 Å². The van der Waals surface area contributed by atoms with Crippen LogP contribution in [0, 0.1) is 5.82 Å². The molecule has 0 spiro atoms. The van der Waals surface area contributed by atoms with Crippen molar-refractivity contribution in [2.75, 3.05) is 7.11 Å². The Hall–Kier alpha value is -1.09. The molecule has 2 nitrogen and oxygen atoms in total. The molecule has 0 saturated carbocycles. The summed E-state index contributed by atoms with van der Waals surface area (Å²) >= 11 is 0. The van der Waals surface area contributed by atoms with Gasteiger partial charge in [0.05, 0.1) is 12.7 Å². The second kappa shape index (κ2) is 4.62. The molecule has 84 valence electrons. The van der Waals surface area contributed by atoms with Crippen molar-refractivity contribution in [3.8, 4) is 5.75 Å². The first-order valence-corrected chi connectivity index (χ1v) is 5.07. The van der Waals surface area contributed by atoms with Crippen LogP contribution >= 0.6 is 0 Å². The van der Waals surface area contributed by atoms with Gasteiger partial charge in [0, 0.05) is 11.6 Å². The smallest absolute Gasteiger partial charge is 0.127 e. The third kappa shape index (κ3) is 2.69. The zero-order chi connectivity index (χ0) is 11.5. The Balaban J connectivity index is 3.12. The van der Waals surface area contributed by atoms with Gasteiger partial charge in [0.1, 0.15) is 11.6 Å². The number of ether oxygens (including phenoxy) is 1. The van der Waals surface area contributed by atoms with Crippen LogP contribution < -0.4 is 4.74 Å². The summed E-state index contributed by atoms with van der Waals surface area (Å²) in [6.07, 6.45) is 1.47. The fourth-order valence-electron chi connectivity index (χ4n) is 1.73. The molecule has 1 N–H and O–H groups in total. The third-order valence-electron chi connectivity index (χ3n) is 2.48. The van der Waals surface area contributed by atoms with Crippen LogP contribution in [0.4, 0.5) is 4.39 Å². The van der Waals surface area contributed by atoms with E-state index in [0.717, 1.165) is 6.42 Å². The van der Waals surface area contributed by atoms with Crippen LogP contribution in [0.15, 0.2) is 18.2 Å². The van der Waals surface area contributed by atoms with E-state index >= 15 is 0 Å². The van der Waals surface area contributed by atoms with Gasteiger partial charge in [-0.25, -0.2) is 4.39 Å². The van der Waals surface area contributed by atoms with Crippen molar-refractivity contribution in [3.63, 3.8) is 0 Å². The van der Waals surface area contributed by atoms with Crippen molar-refractivity contribution >= 4 is 0 Å². The molecule has 0 aliphatic rings. The Morgan fingerprint density at radius 3 is 2.67 bits per heavy atom. The molecule has 0 bridgehead atoms. The number of aliphatic hydroxyl groups is 1. The first kappa shape index (κ1) is 12.0. The van der Waals surface area contributed by atoms with E-state index in [2.05, 4.69) is 0 Å². The zero-order valence-corrected chi connectivity index (χ0v) is 9.38. The normalized spacial score (nSPS) is 14.7. The van der Waals surface area contributed by atoms with Crippen LogP contribution in [-0.2, 0) is 5.60 Å². The summed E-state index contributed by atoms with van der Waals surface area (Å²) in [5, 5.41) is 10.2. The van der Waals surface area contributed by atoms with Crippen molar-refractivity contribution < 1.29 is 14.2 Å². The predicted molar refractivity (Wildman–Crippen MR) is 57.4 cm³/mol.